The van der Waals surface area contributed by atoms with Crippen LogP contribution in [0.2, 0.25) is 10.0 Å². The van der Waals surface area contributed by atoms with Crippen molar-refractivity contribution in [1.29, 1.82) is 0 Å². The van der Waals surface area contributed by atoms with Crippen LogP contribution < -0.4 is 5.32 Å². The van der Waals surface area contributed by atoms with E-state index in [1.54, 1.807) is 6.34 Å². The van der Waals surface area contributed by atoms with Crippen LogP contribution in [-0.4, -0.2) is 25.3 Å². The molecule has 0 bridgehead atoms. The van der Waals surface area contributed by atoms with Crippen LogP contribution in [0.5, 0.6) is 0 Å². The minimum Gasteiger partial charge on any atom is -0.381 e. The second kappa shape index (κ2) is 9.38. The van der Waals surface area contributed by atoms with E-state index in [1.165, 1.54) is 0 Å². The lowest BCUT2D eigenvalue weighted by molar-refractivity contribution is 0.643. The number of halogens is 4. The summed E-state index contributed by atoms with van der Waals surface area (Å²) in [6.07, 6.45) is 1.67. The van der Waals surface area contributed by atoms with Gasteiger partial charge in [0.15, 0.2) is 0 Å². The van der Waals surface area contributed by atoms with E-state index in [1.807, 2.05) is 49.3 Å². The van der Waals surface area contributed by atoms with Crippen LogP contribution in [0.1, 0.15) is 5.56 Å². The fourth-order valence-electron chi connectivity index (χ4n) is 1.80. The van der Waals surface area contributed by atoms with Gasteiger partial charge >= 0.3 is 0 Å². The van der Waals surface area contributed by atoms with Crippen LogP contribution >= 0.6 is 51.5 Å². The van der Waals surface area contributed by atoms with E-state index in [4.69, 9.17) is 23.2 Å². The molecule has 1 N–H and O–H groups in total. The summed E-state index contributed by atoms with van der Waals surface area (Å²) in [6.45, 7) is 0.675. The Labute approximate surface area is 161 Å². The van der Waals surface area contributed by atoms with E-state index in [0.717, 1.165) is 15.7 Å². The van der Waals surface area contributed by atoms with Gasteiger partial charge < -0.3 is 10.2 Å². The van der Waals surface area contributed by atoms with Crippen LogP contribution in [0.3, 0.4) is 0 Å². The van der Waals surface area contributed by atoms with E-state index in [-0.39, 0.29) is 12.4 Å². The van der Waals surface area contributed by atoms with Gasteiger partial charge in [-0.1, -0.05) is 57.3 Å². The van der Waals surface area contributed by atoms with Crippen LogP contribution in [0, 0.1) is 0 Å². The second-order valence-corrected chi connectivity index (χ2v) is 6.61. The first-order chi connectivity index (χ1) is 10.5. The van der Waals surface area contributed by atoms with Gasteiger partial charge in [-0.3, -0.25) is 0 Å². The molecule has 0 radical (unpaired) electrons. The Morgan fingerprint density at radius 2 is 1.78 bits per heavy atom. The topological polar surface area (TPSA) is 27.6 Å². The third kappa shape index (κ3) is 5.88. The Balaban J connectivity index is 0.00000264. The van der Waals surface area contributed by atoms with Crippen molar-refractivity contribution in [1.82, 2.24) is 4.90 Å². The number of rotatable bonds is 5. The number of aliphatic imine (C=N–C) groups is 1. The Bertz CT molecular complexity index is 667. The number of nitrogens with one attached hydrogen (secondary N) is 1. The Hall–Kier alpha value is -0.940. The summed E-state index contributed by atoms with van der Waals surface area (Å²) in [5.74, 6) is 0. The average molecular weight is 438 g/mol. The van der Waals surface area contributed by atoms with Crippen molar-refractivity contribution in [3.63, 3.8) is 0 Å². The number of hydrogen-bond donors (Lipinski definition) is 1. The van der Waals surface area contributed by atoms with E-state index in [2.05, 4.69) is 32.3 Å². The average Bonchev–Trinajstić information content (AvgIpc) is 2.45. The molecule has 0 fully saturated rings. The summed E-state index contributed by atoms with van der Waals surface area (Å²) in [4.78, 5) is 6.11. The van der Waals surface area contributed by atoms with Crippen molar-refractivity contribution in [2.45, 2.75) is 6.54 Å². The molecule has 0 aliphatic carbocycles. The number of nitrogens with zero attached hydrogens (tertiary/aromatic N) is 2. The number of hydrogen-bond acceptors (Lipinski definition) is 2. The van der Waals surface area contributed by atoms with Crippen molar-refractivity contribution in [3.8, 4) is 0 Å². The molecule has 0 saturated heterocycles. The molecule has 0 heterocycles. The van der Waals surface area contributed by atoms with Crippen LogP contribution in [-0.2, 0) is 6.54 Å². The van der Waals surface area contributed by atoms with Gasteiger partial charge in [0, 0.05) is 30.8 Å². The normalized spacial score (nSPS) is 10.5. The molecular weight excluding hydrogens is 420 g/mol. The zero-order valence-electron chi connectivity index (χ0n) is 12.7. The maximum Gasteiger partial charge on any atom is 0.102 e. The molecule has 23 heavy (non-hydrogen) atoms. The molecule has 124 valence electrons. The quantitative estimate of drug-likeness (QED) is 0.458. The Kier molecular flexibility index (Phi) is 8.20. The molecular formula is C16H17BrCl3N3. The summed E-state index contributed by atoms with van der Waals surface area (Å²) in [5.41, 5.74) is 2.59. The second-order valence-electron chi connectivity index (χ2n) is 4.94. The standard InChI is InChI=1S/C16H16BrCl2N3.ClH/c1-22(2)10-21-16-14(18)7-12(8-15(16)19)20-9-11-5-3-4-6-13(11)17;/h3-8,10,20H,9H2,1-2H3;1H/b21-10-;. The highest BCUT2D eigenvalue weighted by molar-refractivity contribution is 9.10. The maximum atomic E-state index is 6.27. The molecule has 2 rings (SSSR count). The van der Waals surface area contributed by atoms with Crippen LogP contribution in [0.25, 0.3) is 0 Å². The van der Waals surface area contributed by atoms with Gasteiger partial charge in [-0.15, -0.1) is 12.4 Å². The van der Waals surface area contributed by atoms with Gasteiger partial charge in [-0.05, 0) is 23.8 Å². The first kappa shape index (κ1) is 20.1. The fraction of sp³-hybridized carbons (Fsp3) is 0.188. The predicted molar refractivity (Wildman–Crippen MR) is 107 cm³/mol. The lowest BCUT2D eigenvalue weighted by atomic mass is 10.2. The fourth-order valence-corrected chi connectivity index (χ4v) is 2.81. The molecule has 3 nitrogen and oxygen atoms in total. The minimum absolute atomic E-state index is 0. The van der Waals surface area contributed by atoms with Gasteiger partial charge in [0.25, 0.3) is 0 Å². The van der Waals surface area contributed by atoms with Crippen molar-refractivity contribution < 1.29 is 0 Å². The highest BCUT2D eigenvalue weighted by Gasteiger charge is 2.08. The van der Waals surface area contributed by atoms with Gasteiger partial charge in [-0.25, -0.2) is 4.99 Å². The highest BCUT2D eigenvalue weighted by Crippen LogP contribution is 2.36. The molecule has 0 saturated carbocycles. The van der Waals surface area contributed by atoms with Gasteiger partial charge in [0.2, 0.25) is 0 Å². The van der Waals surface area contributed by atoms with Crippen LogP contribution in [0.4, 0.5) is 11.4 Å². The van der Waals surface area contributed by atoms with E-state index in [0.29, 0.717) is 22.3 Å². The molecule has 0 aliphatic rings. The first-order valence-corrected chi connectivity index (χ1v) is 8.19. The smallest absolute Gasteiger partial charge is 0.102 e. The Morgan fingerprint density at radius 1 is 1.17 bits per heavy atom. The van der Waals surface area contributed by atoms with E-state index >= 15 is 0 Å². The predicted octanol–water partition coefficient (Wildman–Crippen LogP) is 6.01. The molecule has 2 aromatic rings. The molecule has 0 aliphatic heterocycles. The molecule has 0 atom stereocenters. The van der Waals surface area contributed by atoms with Gasteiger partial charge in [0.05, 0.1) is 16.4 Å². The van der Waals surface area contributed by atoms with Crippen molar-refractivity contribution in [3.05, 3.63) is 56.5 Å². The SMILES string of the molecule is CN(C)/C=N\c1c(Cl)cc(NCc2ccccc2Br)cc1Cl.Cl. The largest absolute Gasteiger partial charge is 0.381 e. The highest BCUT2D eigenvalue weighted by atomic mass is 79.9. The lowest BCUT2D eigenvalue weighted by Crippen LogP contribution is -2.07. The van der Waals surface area contributed by atoms with Crippen molar-refractivity contribution in [2.24, 2.45) is 4.99 Å². The van der Waals surface area contributed by atoms with Crippen molar-refractivity contribution in [2.75, 3.05) is 19.4 Å². The summed E-state index contributed by atoms with van der Waals surface area (Å²) in [6, 6.07) is 11.7. The van der Waals surface area contributed by atoms with Crippen molar-refractivity contribution >= 4 is 69.3 Å². The number of benzene rings is 2. The summed E-state index contributed by atoms with van der Waals surface area (Å²) in [7, 11) is 3.78. The molecule has 0 aromatic heterocycles. The zero-order valence-corrected chi connectivity index (χ0v) is 16.6. The monoisotopic (exact) mass is 435 g/mol. The third-order valence-electron chi connectivity index (χ3n) is 2.88. The third-order valence-corrected chi connectivity index (χ3v) is 4.23. The molecule has 0 spiro atoms. The summed E-state index contributed by atoms with van der Waals surface area (Å²) >= 11 is 16.1. The zero-order chi connectivity index (χ0) is 16.1. The molecule has 7 heteroatoms. The summed E-state index contributed by atoms with van der Waals surface area (Å²) < 4.78 is 1.06. The number of anilines is 1. The molecule has 2 aromatic carbocycles. The van der Waals surface area contributed by atoms with E-state index < -0.39 is 0 Å². The Morgan fingerprint density at radius 3 is 2.35 bits per heavy atom. The lowest BCUT2D eigenvalue weighted by Gasteiger charge is -2.11. The van der Waals surface area contributed by atoms with E-state index in [9.17, 15) is 0 Å². The van der Waals surface area contributed by atoms with Gasteiger partial charge in [-0.2, -0.15) is 0 Å². The molecule has 0 amide bonds. The van der Waals surface area contributed by atoms with Gasteiger partial charge in [0.1, 0.15) is 5.69 Å². The summed E-state index contributed by atoms with van der Waals surface area (Å²) in [5, 5.41) is 4.34. The van der Waals surface area contributed by atoms with Crippen LogP contribution in [0.15, 0.2) is 45.9 Å². The maximum absolute atomic E-state index is 6.27. The first-order valence-electron chi connectivity index (χ1n) is 6.64. The molecule has 0 unspecified atom stereocenters. The minimum atomic E-state index is 0.